The summed E-state index contributed by atoms with van der Waals surface area (Å²) in [6.07, 6.45) is 0. The molecule has 0 aliphatic rings. The Morgan fingerprint density at radius 3 is 2.56 bits per heavy atom. The third kappa shape index (κ3) is 5.06. The third-order valence-electron chi connectivity index (χ3n) is 2.19. The topological polar surface area (TPSA) is 55.1 Å². The maximum atomic E-state index is 11.3. The van der Waals surface area contributed by atoms with Crippen molar-refractivity contribution in [2.75, 3.05) is 5.75 Å². The summed E-state index contributed by atoms with van der Waals surface area (Å²) in [5, 5.41) is 4.15. The van der Waals surface area contributed by atoms with Crippen molar-refractivity contribution in [2.24, 2.45) is 5.73 Å². The summed E-state index contributed by atoms with van der Waals surface area (Å²) in [6, 6.07) is 5.23. The van der Waals surface area contributed by atoms with Crippen LogP contribution in [0.3, 0.4) is 0 Å². The largest absolute Gasteiger partial charge is 0.368 e. The molecule has 0 saturated carbocycles. The van der Waals surface area contributed by atoms with Crippen molar-refractivity contribution in [1.29, 1.82) is 0 Å². The minimum absolute atomic E-state index is 0.205. The minimum Gasteiger partial charge on any atom is -0.368 e. The van der Waals surface area contributed by atoms with Crippen LogP contribution in [0.4, 0.5) is 0 Å². The Balaban J connectivity index is 2.61. The summed E-state index contributed by atoms with van der Waals surface area (Å²) >= 11 is 13.3. The lowest BCUT2D eigenvalue weighted by molar-refractivity contribution is -0.119. The summed E-state index contributed by atoms with van der Waals surface area (Å²) in [5.74, 6) is 0.210. The third-order valence-corrected chi connectivity index (χ3v) is 4.01. The average Bonchev–Trinajstić information content (AvgIpc) is 2.28. The lowest BCUT2D eigenvalue weighted by Gasteiger charge is -2.17. The maximum absolute atomic E-state index is 11.3. The molecule has 0 heterocycles. The molecule has 0 fully saturated rings. The maximum Gasteiger partial charge on any atom is 0.235 e. The molecule has 1 unspecified atom stereocenters. The number of benzene rings is 1. The number of rotatable bonds is 6. The number of hydrogen-bond donors (Lipinski definition) is 2. The van der Waals surface area contributed by atoms with Gasteiger partial charge in [-0.05, 0) is 18.2 Å². The molecule has 100 valence electrons. The number of amides is 1. The Hall–Kier alpha value is -0.420. The summed E-state index contributed by atoms with van der Waals surface area (Å²) in [6.45, 7) is 3.94. The highest BCUT2D eigenvalue weighted by Gasteiger charge is 2.16. The fourth-order valence-corrected chi connectivity index (χ4v) is 2.71. The lowest BCUT2D eigenvalue weighted by Crippen LogP contribution is -2.46. The molecule has 3 nitrogen and oxygen atoms in total. The van der Waals surface area contributed by atoms with E-state index in [1.54, 1.807) is 12.1 Å². The number of thioether (sulfide) groups is 1. The number of hydrogen-bond acceptors (Lipinski definition) is 3. The van der Waals surface area contributed by atoms with Crippen molar-refractivity contribution in [2.45, 2.75) is 30.8 Å². The molecule has 6 heteroatoms. The van der Waals surface area contributed by atoms with E-state index in [1.807, 2.05) is 19.9 Å². The molecule has 1 aromatic carbocycles. The number of carbonyl (C=O) groups excluding carboxylic acids is 1. The van der Waals surface area contributed by atoms with Gasteiger partial charge < -0.3 is 11.1 Å². The van der Waals surface area contributed by atoms with E-state index in [1.165, 1.54) is 11.8 Å². The molecule has 0 radical (unpaired) electrons. The molecular weight excluding hydrogens is 291 g/mol. The second-order valence-electron chi connectivity index (χ2n) is 4.16. The second-order valence-corrected chi connectivity index (χ2v) is 6.07. The molecule has 3 N–H and O–H groups in total. The van der Waals surface area contributed by atoms with Crippen LogP contribution in [0.25, 0.3) is 0 Å². The molecule has 1 rings (SSSR count). The van der Waals surface area contributed by atoms with Crippen molar-refractivity contribution in [3.63, 3.8) is 0 Å². The van der Waals surface area contributed by atoms with Crippen LogP contribution in [0.2, 0.25) is 10.0 Å². The predicted molar refractivity (Wildman–Crippen MR) is 78.4 cm³/mol. The molecule has 0 aromatic heterocycles. The molecule has 1 atom stereocenters. The fraction of sp³-hybridized carbons (Fsp3) is 0.417. The van der Waals surface area contributed by atoms with Crippen molar-refractivity contribution >= 4 is 40.9 Å². The number of nitrogens with one attached hydrogen (secondary N) is 1. The average molecular weight is 307 g/mol. The summed E-state index contributed by atoms with van der Waals surface area (Å²) in [7, 11) is 0. The monoisotopic (exact) mass is 306 g/mol. The van der Waals surface area contributed by atoms with Crippen molar-refractivity contribution in [1.82, 2.24) is 5.32 Å². The van der Waals surface area contributed by atoms with Gasteiger partial charge in [-0.2, -0.15) is 0 Å². The molecule has 0 bridgehead atoms. The van der Waals surface area contributed by atoms with Gasteiger partial charge in [0.1, 0.15) is 0 Å². The Morgan fingerprint density at radius 1 is 1.39 bits per heavy atom. The second kappa shape index (κ2) is 7.24. The summed E-state index contributed by atoms with van der Waals surface area (Å²) < 4.78 is 0. The van der Waals surface area contributed by atoms with E-state index in [-0.39, 0.29) is 18.0 Å². The van der Waals surface area contributed by atoms with Crippen molar-refractivity contribution in [3.8, 4) is 0 Å². The highest BCUT2D eigenvalue weighted by Crippen LogP contribution is 2.28. The lowest BCUT2D eigenvalue weighted by atomic mass is 10.3. The van der Waals surface area contributed by atoms with Gasteiger partial charge in [0, 0.05) is 16.7 Å². The van der Waals surface area contributed by atoms with E-state index in [0.29, 0.717) is 15.8 Å². The first-order valence-electron chi connectivity index (χ1n) is 5.53. The van der Waals surface area contributed by atoms with Gasteiger partial charge in [0.05, 0.1) is 16.1 Å². The molecule has 0 saturated heterocycles. The number of halogens is 2. The fourth-order valence-electron chi connectivity index (χ4n) is 1.36. The van der Waals surface area contributed by atoms with E-state index >= 15 is 0 Å². The van der Waals surface area contributed by atoms with Gasteiger partial charge in [-0.25, -0.2) is 0 Å². The van der Waals surface area contributed by atoms with Gasteiger partial charge in [0.2, 0.25) is 5.91 Å². The quantitative estimate of drug-likeness (QED) is 0.795. The highest BCUT2D eigenvalue weighted by molar-refractivity contribution is 7.99. The summed E-state index contributed by atoms with van der Waals surface area (Å²) in [4.78, 5) is 12.2. The summed E-state index contributed by atoms with van der Waals surface area (Å²) in [5.41, 5.74) is 5.34. The first-order chi connectivity index (χ1) is 8.40. The Bertz CT molecular complexity index is 427. The van der Waals surface area contributed by atoms with Gasteiger partial charge in [0.25, 0.3) is 0 Å². The van der Waals surface area contributed by atoms with Crippen molar-refractivity contribution in [3.05, 3.63) is 28.2 Å². The first-order valence-corrected chi connectivity index (χ1v) is 7.27. The number of primary amides is 1. The van der Waals surface area contributed by atoms with E-state index in [4.69, 9.17) is 28.9 Å². The zero-order valence-electron chi connectivity index (χ0n) is 10.2. The normalized spacial score (nSPS) is 12.7. The number of carbonyl (C=O) groups is 1. The van der Waals surface area contributed by atoms with Gasteiger partial charge in [0.15, 0.2) is 0 Å². The number of nitrogens with two attached hydrogens (primary N) is 1. The molecule has 0 aliphatic heterocycles. The molecule has 18 heavy (non-hydrogen) atoms. The van der Waals surface area contributed by atoms with E-state index < -0.39 is 0 Å². The molecular formula is C12H16Cl2N2OS. The van der Waals surface area contributed by atoms with E-state index in [2.05, 4.69) is 5.32 Å². The van der Waals surface area contributed by atoms with Crippen LogP contribution in [0.1, 0.15) is 13.8 Å². The Morgan fingerprint density at radius 2 is 2.06 bits per heavy atom. The minimum atomic E-state index is -0.357. The standard InChI is InChI=1S/C12H16Cl2N2OS/c1-7(2)16-11(12(15)17)6-18-8-3-4-9(13)10(14)5-8/h3-5,7,11,16H,6H2,1-2H3,(H2,15,17). The van der Waals surface area contributed by atoms with Gasteiger partial charge >= 0.3 is 0 Å². The first kappa shape index (κ1) is 15.6. The highest BCUT2D eigenvalue weighted by atomic mass is 35.5. The zero-order chi connectivity index (χ0) is 13.7. The zero-order valence-corrected chi connectivity index (χ0v) is 12.6. The SMILES string of the molecule is CC(C)NC(CSc1ccc(Cl)c(Cl)c1)C(N)=O. The molecule has 1 amide bonds. The van der Waals surface area contributed by atoms with Crippen LogP contribution in [-0.2, 0) is 4.79 Å². The molecule has 0 aliphatic carbocycles. The van der Waals surface area contributed by atoms with Crippen LogP contribution in [-0.4, -0.2) is 23.7 Å². The van der Waals surface area contributed by atoms with Crippen LogP contribution in [0.15, 0.2) is 23.1 Å². The smallest absolute Gasteiger partial charge is 0.235 e. The predicted octanol–water partition coefficient (Wildman–Crippen LogP) is 2.94. The van der Waals surface area contributed by atoms with Crippen LogP contribution >= 0.6 is 35.0 Å². The molecule has 0 spiro atoms. The molecule has 1 aromatic rings. The Kier molecular flexibility index (Phi) is 6.29. The van der Waals surface area contributed by atoms with Crippen molar-refractivity contribution < 1.29 is 4.79 Å². The van der Waals surface area contributed by atoms with Gasteiger partial charge in [-0.1, -0.05) is 37.0 Å². The van der Waals surface area contributed by atoms with E-state index in [0.717, 1.165) is 4.90 Å². The van der Waals surface area contributed by atoms with Gasteiger partial charge in [-0.3, -0.25) is 4.79 Å². The van der Waals surface area contributed by atoms with E-state index in [9.17, 15) is 4.79 Å². The van der Waals surface area contributed by atoms with Crippen LogP contribution in [0.5, 0.6) is 0 Å². The van der Waals surface area contributed by atoms with Crippen LogP contribution < -0.4 is 11.1 Å². The Labute approximate surface area is 121 Å². The van der Waals surface area contributed by atoms with Gasteiger partial charge in [-0.15, -0.1) is 11.8 Å². The van der Waals surface area contributed by atoms with Crippen LogP contribution in [0, 0.1) is 0 Å².